The average molecular weight is 146 g/mol. The topological polar surface area (TPSA) is 12.9 Å². The van der Waals surface area contributed by atoms with Gasteiger partial charge in [-0.15, -0.1) is 0 Å². The van der Waals surface area contributed by atoms with Gasteiger partial charge in [0, 0.05) is 17.6 Å². The second-order valence-electron chi connectivity index (χ2n) is 2.27. The van der Waals surface area contributed by atoms with E-state index in [1.807, 2.05) is 0 Å². The molecular formula is C9H5FN. The van der Waals surface area contributed by atoms with E-state index in [0.717, 1.165) is 10.9 Å². The third-order valence-corrected chi connectivity index (χ3v) is 1.51. The van der Waals surface area contributed by atoms with Crippen LogP contribution in [-0.2, 0) is 0 Å². The van der Waals surface area contributed by atoms with Crippen molar-refractivity contribution in [2.75, 3.05) is 0 Å². The first-order valence-electron chi connectivity index (χ1n) is 3.27. The van der Waals surface area contributed by atoms with Gasteiger partial charge in [0.15, 0.2) is 0 Å². The lowest BCUT2D eigenvalue weighted by atomic mass is 10.2. The number of hydrogen-bond acceptors (Lipinski definition) is 1. The minimum Gasteiger partial charge on any atom is -0.256 e. The molecule has 0 bridgehead atoms. The summed E-state index contributed by atoms with van der Waals surface area (Å²) in [7, 11) is 0. The van der Waals surface area contributed by atoms with Crippen molar-refractivity contribution in [3.8, 4) is 0 Å². The molecule has 0 aliphatic heterocycles. The Morgan fingerprint density at radius 2 is 2.27 bits per heavy atom. The lowest BCUT2D eigenvalue weighted by molar-refractivity contribution is 0.629. The number of nitrogens with zero attached hydrogens (tertiary/aromatic N) is 1. The number of pyridine rings is 1. The Kier molecular flexibility index (Phi) is 1.32. The molecule has 0 amide bonds. The van der Waals surface area contributed by atoms with E-state index in [4.69, 9.17) is 0 Å². The molecule has 0 spiro atoms. The van der Waals surface area contributed by atoms with Crippen molar-refractivity contribution in [2.24, 2.45) is 0 Å². The minimum absolute atomic E-state index is 0.237. The van der Waals surface area contributed by atoms with Crippen molar-refractivity contribution in [3.63, 3.8) is 0 Å². The van der Waals surface area contributed by atoms with Gasteiger partial charge in [0.25, 0.3) is 0 Å². The first-order chi connectivity index (χ1) is 5.36. The summed E-state index contributed by atoms with van der Waals surface area (Å²) in [5.74, 6) is -0.237. The van der Waals surface area contributed by atoms with E-state index in [0.29, 0.717) is 0 Å². The lowest BCUT2D eigenvalue weighted by Gasteiger charge is -1.93. The molecular weight excluding hydrogens is 141 g/mol. The zero-order chi connectivity index (χ0) is 7.68. The van der Waals surface area contributed by atoms with Crippen molar-refractivity contribution < 1.29 is 4.39 Å². The van der Waals surface area contributed by atoms with E-state index < -0.39 is 0 Å². The smallest absolute Gasteiger partial charge is 0.123 e. The summed E-state index contributed by atoms with van der Waals surface area (Å²) in [5.41, 5.74) is 0.796. The molecule has 1 nitrogen and oxygen atoms in total. The average Bonchev–Trinajstić information content (AvgIpc) is 2.04. The molecule has 0 saturated heterocycles. The SMILES string of the molecule is Fc1ccc2nc[c]cc2c1. The van der Waals surface area contributed by atoms with Crippen LogP contribution in [0.5, 0.6) is 0 Å². The fourth-order valence-electron chi connectivity index (χ4n) is 0.992. The Morgan fingerprint density at radius 1 is 1.36 bits per heavy atom. The van der Waals surface area contributed by atoms with E-state index in [1.165, 1.54) is 12.1 Å². The lowest BCUT2D eigenvalue weighted by Crippen LogP contribution is -1.78. The summed E-state index contributed by atoms with van der Waals surface area (Å²) in [6.07, 6.45) is 1.57. The van der Waals surface area contributed by atoms with Crippen LogP contribution >= 0.6 is 0 Å². The van der Waals surface area contributed by atoms with Crippen LogP contribution in [0.1, 0.15) is 0 Å². The summed E-state index contributed by atoms with van der Waals surface area (Å²) in [6.45, 7) is 0. The highest BCUT2D eigenvalue weighted by atomic mass is 19.1. The fourth-order valence-corrected chi connectivity index (χ4v) is 0.992. The fraction of sp³-hybridized carbons (Fsp3) is 0. The molecule has 2 heteroatoms. The Hall–Kier alpha value is -1.44. The molecule has 0 unspecified atom stereocenters. The van der Waals surface area contributed by atoms with Crippen LogP contribution in [0.2, 0.25) is 0 Å². The molecule has 0 fully saturated rings. The van der Waals surface area contributed by atoms with E-state index in [2.05, 4.69) is 11.1 Å². The van der Waals surface area contributed by atoms with Gasteiger partial charge in [-0.2, -0.15) is 0 Å². The first kappa shape index (κ1) is 6.28. The van der Waals surface area contributed by atoms with Crippen LogP contribution in [0.25, 0.3) is 10.9 Å². The van der Waals surface area contributed by atoms with Gasteiger partial charge >= 0.3 is 0 Å². The van der Waals surface area contributed by atoms with Crippen molar-refractivity contribution in [3.05, 3.63) is 42.3 Å². The molecule has 0 aliphatic rings. The molecule has 0 saturated carbocycles. The van der Waals surface area contributed by atoms with Crippen molar-refractivity contribution in [1.82, 2.24) is 4.98 Å². The highest BCUT2D eigenvalue weighted by Gasteiger charge is 1.93. The third kappa shape index (κ3) is 1.07. The Bertz CT molecular complexity index is 384. The van der Waals surface area contributed by atoms with Gasteiger partial charge in [0.1, 0.15) is 5.82 Å². The number of aromatic nitrogens is 1. The molecule has 11 heavy (non-hydrogen) atoms. The summed E-state index contributed by atoms with van der Waals surface area (Å²) in [6, 6.07) is 8.99. The maximum absolute atomic E-state index is 12.6. The second-order valence-corrected chi connectivity index (χ2v) is 2.27. The van der Waals surface area contributed by atoms with Gasteiger partial charge in [-0.1, -0.05) is 0 Å². The van der Waals surface area contributed by atoms with Crippen LogP contribution in [0.4, 0.5) is 4.39 Å². The third-order valence-electron chi connectivity index (χ3n) is 1.51. The highest BCUT2D eigenvalue weighted by molar-refractivity contribution is 5.77. The number of halogens is 1. The summed E-state index contributed by atoms with van der Waals surface area (Å²) in [5, 5.41) is 0.785. The molecule has 1 radical (unpaired) electrons. The molecule has 1 heterocycles. The highest BCUT2D eigenvalue weighted by Crippen LogP contribution is 2.11. The van der Waals surface area contributed by atoms with Gasteiger partial charge in [-0.3, -0.25) is 4.98 Å². The van der Waals surface area contributed by atoms with Gasteiger partial charge in [-0.05, 0) is 24.3 Å². The summed E-state index contributed by atoms with van der Waals surface area (Å²) in [4.78, 5) is 4.00. The van der Waals surface area contributed by atoms with Crippen LogP contribution < -0.4 is 0 Å². The maximum atomic E-state index is 12.6. The van der Waals surface area contributed by atoms with Crippen LogP contribution in [0, 0.1) is 11.9 Å². The normalized spacial score (nSPS) is 10.3. The molecule has 2 rings (SSSR count). The predicted octanol–water partition coefficient (Wildman–Crippen LogP) is 2.17. The molecule has 1 aromatic carbocycles. The Morgan fingerprint density at radius 3 is 3.18 bits per heavy atom. The molecule has 0 N–H and O–H groups in total. The second kappa shape index (κ2) is 2.31. The molecule has 0 atom stereocenters. The van der Waals surface area contributed by atoms with Crippen molar-refractivity contribution in [1.29, 1.82) is 0 Å². The van der Waals surface area contributed by atoms with Gasteiger partial charge < -0.3 is 0 Å². The molecule has 53 valence electrons. The summed E-state index contributed by atoms with van der Waals surface area (Å²) >= 11 is 0. The van der Waals surface area contributed by atoms with E-state index in [1.54, 1.807) is 18.3 Å². The van der Waals surface area contributed by atoms with Crippen LogP contribution in [-0.4, -0.2) is 4.98 Å². The number of hydrogen-bond donors (Lipinski definition) is 0. The Labute approximate surface area is 63.5 Å². The first-order valence-corrected chi connectivity index (χ1v) is 3.27. The van der Waals surface area contributed by atoms with E-state index in [9.17, 15) is 4.39 Å². The van der Waals surface area contributed by atoms with Crippen molar-refractivity contribution in [2.45, 2.75) is 0 Å². The Balaban J connectivity index is 2.83. The standard InChI is InChI=1S/C9H5FN/c10-8-3-4-9-7(6-8)2-1-5-11-9/h2-6H. The van der Waals surface area contributed by atoms with E-state index in [-0.39, 0.29) is 5.82 Å². The molecule has 1 aromatic heterocycles. The number of rotatable bonds is 0. The zero-order valence-corrected chi connectivity index (χ0v) is 5.71. The predicted molar refractivity (Wildman–Crippen MR) is 40.5 cm³/mol. The van der Waals surface area contributed by atoms with Crippen LogP contribution in [0.15, 0.2) is 30.5 Å². The minimum atomic E-state index is -0.237. The molecule has 2 aromatic rings. The van der Waals surface area contributed by atoms with Gasteiger partial charge in [0.2, 0.25) is 0 Å². The molecule has 0 aliphatic carbocycles. The number of fused-ring (bicyclic) bond motifs is 1. The monoisotopic (exact) mass is 146 g/mol. The van der Waals surface area contributed by atoms with Crippen LogP contribution in [0.3, 0.4) is 0 Å². The summed E-state index contributed by atoms with van der Waals surface area (Å²) < 4.78 is 12.6. The van der Waals surface area contributed by atoms with Gasteiger partial charge in [0.05, 0.1) is 5.52 Å². The maximum Gasteiger partial charge on any atom is 0.123 e. The van der Waals surface area contributed by atoms with Crippen molar-refractivity contribution >= 4 is 10.9 Å². The van der Waals surface area contributed by atoms with Gasteiger partial charge in [-0.25, -0.2) is 4.39 Å². The largest absolute Gasteiger partial charge is 0.256 e. The van der Waals surface area contributed by atoms with E-state index >= 15 is 0 Å². The zero-order valence-electron chi connectivity index (χ0n) is 5.71. The quantitative estimate of drug-likeness (QED) is 0.555. The number of benzene rings is 1.